The van der Waals surface area contributed by atoms with Gasteiger partial charge >= 0.3 is 6.09 Å². The summed E-state index contributed by atoms with van der Waals surface area (Å²) in [6.07, 6.45) is 1.99. The molecule has 3 heterocycles. The Bertz CT molecular complexity index is 842. The number of halogens is 1. The van der Waals surface area contributed by atoms with Crippen LogP contribution in [0.5, 0.6) is 0 Å². The monoisotopic (exact) mass is 388 g/mol. The molecule has 28 heavy (non-hydrogen) atoms. The second-order valence-corrected chi connectivity index (χ2v) is 6.69. The Morgan fingerprint density at radius 2 is 2.14 bits per heavy atom. The van der Waals surface area contributed by atoms with Gasteiger partial charge in [0.25, 0.3) is 0 Å². The molecule has 1 fully saturated rings. The molecule has 2 aliphatic rings. The molecule has 0 spiro atoms. The first-order valence-corrected chi connectivity index (χ1v) is 9.05. The number of carbonyl (C=O) groups is 1. The zero-order valence-corrected chi connectivity index (χ0v) is 15.4. The van der Waals surface area contributed by atoms with Crippen molar-refractivity contribution in [2.24, 2.45) is 5.16 Å². The number of benzene rings is 1. The van der Waals surface area contributed by atoms with Gasteiger partial charge in [-0.1, -0.05) is 22.5 Å². The molecular formula is C18H21FN6O3. The average molecular weight is 388 g/mol. The summed E-state index contributed by atoms with van der Waals surface area (Å²) < 4.78 is 20.6. The molecule has 1 aromatic heterocycles. The number of carbonyl (C=O) groups excluding carboxylic acids is 1. The maximum atomic E-state index is 14.3. The second kappa shape index (κ2) is 7.83. The normalized spacial score (nSPS) is 22.0. The van der Waals surface area contributed by atoms with Crippen LogP contribution in [0, 0.1) is 0 Å². The molecule has 0 aliphatic carbocycles. The van der Waals surface area contributed by atoms with Crippen LogP contribution in [0.2, 0.25) is 0 Å². The van der Waals surface area contributed by atoms with E-state index in [2.05, 4.69) is 20.2 Å². The topological polar surface area (TPSA) is 85.1 Å². The quantitative estimate of drug-likeness (QED) is 0.741. The molecule has 0 saturated carbocycles. The Balaban J connectivity index is 1.35. The van der Waals surface area contributed by atoms with Crippen LogP contribution in [0.1, 0.15) is 12.0 Å². The van der Waals surface area contributed by atoms with Crippen LogP contribution in [-0.4, -0.2) is 70.8 Å². The van der Waals surface area contributed by atoms with Gasteiger partial charge < -0.3 is 14.5 Å². The van der Waals surface area contributed by atoms with Gasteiger partial charge in [-0.3, -0.25) is 4.90 Å². The first kappa shape index (κ1) is 18.2. The summed E-state index contributed by atoms with van der Waals surface area (Å²) in [4.78, 5) is 20.1. The number of nitrogens with zero attached hydrogens (tertiary/aromatic N) is 6. The van der Waals surface area contributed by atoms with Crippen LogP contribution in [0.25, 0.3) is 0 Å². The van der Waals surface area contributed by atoms with Gasteiger partial charge in [-0.25, -0.2) is 13.9 Å². The number of piperazine rings is 1. The third-order valence-electron chi connectivity index (χ3n) is 4.89. The Labute approximate surface area is 161 Å². The highest BCUT2D eigenvalue weighted by Crippen LogP contribution is 2.23. The van der Waals surface area contributed by atoms with Gasteiger partial charge in [-0.2, -0.15) is 0 Å². The molecule has 148 valence electrons. The van der Waals surface area contributed by atoms with Crippen molar-refractivity contribution in [3.05, 3.63) is 42.2 Å². The molecule has 0 N–H and O–H groups in total. The van der Waals surface area contributed by atoms with Crippen molar-refractivity contribution in [1.29, 1.82) is 0 Å². The Kier molecular flexibility index (Phi) is 5.09. The number of hydrogen-bond acceptors (Lipinski definition) is 7. The zero-order valence-electron chi connectivity index (χ0n) is 15.4. The zero-order chi connectivity index (χ0) is 19.5. The van der Waals surface area contributed by atoms with E-state index in [4.69, 9.17) is 4.84 Å². The van der Waals surface area contributed by atoms with Gasteiger partial charge in [0, 0.05) is 31.4 Å². The van der Waals surface area contributed by atoms with Crippen LogP contribution in [-0.2, 0) is 16.1 Å². The summed E-state index contributed by atoms with van der Waals surface area (Å²) in [6.45, 7) is 1.52. The van der Waals surface area contributed by atoms with E-state index < -0.39 is 12.4 Å². The summed E-state index contributed by atoms with van der Waals surface area (Å²) >= 11 is 0. The SMILES string of the molecule is COC(=O)N1CCN(c2ccc(C3=NOC(Cn4ccnn4)C3)cc2)CC1F. The van der Waals surface area contributed by atoms with E-state index in [1.165, 1.54) is 7.11 Å². The number of methoxy groups -OCH3 is 1. The van der Waals surface area contributed by atoms with E-state index >= 15 is 0 Å². The number of alkyl halides is 1. The summed E-state index contributed by atoms with van der Waals surface area (Å²) in [5.41, 5.74) is 2.74. The molecule has 2 aromatic rings. The van der Waals surface area contributed by atoms with E-state index in [0.29, 0.717) is 19.5 Å². The lowest BCUT2D eigenvalue weighted by atomic mass is 10.0. The standard InChI is InChI=1S/C18H21FN6O3/c1-27-18(26)25-9-8-23(12-17(25)19)14-4-2-13(3-5-14)16-10-15(28-21-16)11-24-7-6-20-22-24/h2-7,15,17H,8-12H2,1H3. The predicted molar refractivity (Wildman–Crippen MR) is 98.7 cm³/mol. The van der Waals surface area contributed by atoms with Crippen LogP contribution in [0.3, 0.4) is 0 Å². The number of anilines is 1. The molecule has 1 aromatic carbocycles. The predicted octanol–water partition coefficient (Wildman–Crippen LogP) is 1.66. The van der Waals surface area contributed by atoms with Crippen molar-refractivity contribution in [3.63, 3.8) is 0 Å². The fraction of sp³-hybridized carbons (Fsp3) is 0.444. The first-order valence-electron chi connectivity index (χ1n) is 9.05. The smallest absolute Gasteiger partial charge is 0.411 e. The molecule has 9 nitrogen and oxygen atoms in total. The number of ether oxygens (including phenoxy) is 1. The van der Waals surface area contributed by atoms with Crippen molar-refractivity contribution in [2.75, 3.05) is 31.6 Å². The highest BCUT2D eigenvalue weighted by Gasteiger charge is 2.31. The number of aromatic nitrogens is 3. The third kappa shape index (κ3) is 3.75. The fourth-order valence-corrected chi connectivity index (χ4v) is 3.40. The molecule has 1 saturated heterocycles. The van der Waals surface area contributed by atoms with Crippen molar-refractivity contribution < 1.29 is 18.8 Å². The van der Waals surface area contributed by atoms with E-state index in [0.717, 1.165) is 21.9 Å². The molecular weight excluding hydrogens is 367 g/mol. The highest BCUT2D eigenvalue weighted by molar-refractivity contribution is 6.01. The van der Waals surface area contributed by atoms with Crippen molar-refractivity contribution in [2.45, 2.75) is 25.4 Å². The maximum Gasteiger partial charge on any atom is 0.411 e. The molecule has 2 aliphatic heterocycles. The Hall–Kier alpha value is -3.17. The van der Waals surface area contributed by atoms with Crippen LogP contribution in [0.15, 0.2) is 41.8 Å². The summed E-state index contributed by atoms with van der Waals surface area (Å²) in [5.74, 6) is 0. The molecule has 2 unspecified atom stereocenters. The van der Waals surface area contributed by atoms with E-state index in [-0.39, 0.29) is 19.2 Å². The van der Waals surface area contributed by atoms with Gasteiger partial charge in [0.2, 0.25) is 0 Å². The largest absolute Gasteiger partial charge is 0.453 e. The maximum absolute atomic E-state index is 14.3. The van der Waals surface area contributed by atoms with Crippen LogP contribution >= 0.6 is 0 Å². The Morgan fingerprint density at radius 1 is 1.32 bits per heavy atom. The minimum Gasteiger partial charge on any atom is -0.453 e. The molecule has 0 bridgehead atoms. The van der Waals surface area contributed by atoms with Gasteiger partial charge in [0.1, 0.15) is 0 Å². The van der Waals surface area contributed by atoms with Crippen LogP contribution in [0.4, 0.5) is 14.9 Å². The van der Waals surface area contributed by atoms with Gasteiger partial charge in [-0.15, -0.1) is 5.10 Å². The molecule has 1 amide bonds. The lowest BCUT2D eigenvalue weighted by Crippen LogP contribution is -2.53. The van der Waals surface area contributed by atoms with Crippen molar-refractivity contribution in [1.82, 2.24) is 19.9 Å². The van der Waals surface area contributed by atoms with Crippen molar-refractivity contribution >= 4 is 17.5 Å². The fourth-order valence-electron chi connectivity index (χ4n) is 3.40. The minimum atomic E-state index is -1.40. The van der Waals surface area contributed by atoms with E-state index in [1.54, 1.807) is 17.1 Å². The van der Waals surface area contributed by atoms with Gasteiger partial charge in [0.15, 0.2) is 12.4 Å². The molecule has 0 radical (unpaired) electrons. The number of oxime groups is 1. The van der Waals surface area contributed by atoms with Crippen molar-refractivity contribution in [3.8, 4) is 0 Å². The first-order chi connectivity index (χ1) is 13.6. The molecule has 4 rings (SSSR count). The van der Waals surface area contributed by atoms with Gasteiger partial charge in [-0.05, 0) is 17.7 Å². The Morgan fingerprint density at radius 3 is 2.82 bits per heavy atom. The molecule has 2 atom stereocenters. The highest BCUT2D eigenvalue weighted by atomic mass is 19.1. The number of rotatable bonds is 4. The third-order valence-corrected chi connectivity index (χ3v) is 4.89. The minimum absolute atomic E-state index is 0.0740. The summed E-state index contributed by atoms with van der Waals surface area (Å²) in [7, 11) is 1.26. The van der Waals surface area contributed by atoms with Gasteiger partial charge in [0.05, 0.1) is 32.1 Å². The molecule has 10 heteroatoms. The lowest BCUT2D eigenvalue weighted by molar-refractivity contribution is 0.0530. The second-order valence-electron chi connectivity index (χ2n) is 6.69. The average Bonchev–Trinajstić information content (AvgIpc) is 3.40. The van der Waals surface area contributed by atoms with E-state index in [9.17, 15) is 9.18 Å². The van der Waals surface area contributed by atoms with Crippen LogP contribution < -0.4 is 4.90 Å². The summed E-state index contributed by atoms with van der Waals surface area (Å²) in [6, 6.07) is 7.77. The number of hydrogen-bond donors (Lipinski definition) is 0. The number of amides is 1. The summed E-state index contributed by atoms with van der Waals surface area (Å²) in [5, 5.41) is 11.9. The van der Waals surface area contributed by atoms with E-state index in [1.807, 2.05) is 29.2 Å². The lowest BCUT2D eigenvalue weighted by Gasteiger charge is -2.37.